The van der Waals surface area contributed by atoms with Crippen molar-refractivity contribution in [3.63, 3.8) is 0 Å². The minimum absolute atomic E-state index is 0.0283. The number of benzene rings is 1. The average Bonchev–Trinajstić information content (AvgIpc) is 3.06. The fourth-order valence-corrected chi connectivity index (χ4v) is 2.38. The molecule has 0 saturated carbocycles. The summed E-state index contributed by atoms with van der Waals surface area (Å²) in [5, 5.41) is 3.18. The van der Waals surface area contributed by atoms with E-state index in [1.165, 1.54) is 31.2 Å². The molecule has 0 N–H and O–H groups in total. The molecule has 1 aromatic carbocycles. The van der Waals surface area contributed by atoms with E-state index < -0.39 is 40.7 Å². The normalized spacial score (nSPS) is 11.7. The van der Waals surface area contributed by atoms with Crippen molar-refractivity contribution in [3.05, 3.63) is 63.6 Å². The molecule has 3 rings (SSSR count). The second-order valence-corrected chi connectivity index (χ2v) is 5.47. The molecule has 0 aliphatic rings. The van der Waals surface area contributed by atoms with Crippen LogP contribution < -0.4 is 5.56 Å². The molecule has 142 valence electrons. The molecule has 27 heavy (non-hydrogen) atoms. The van der Waals surface area contributed by atoms with E-state index in [0.717, 1.165) is 10.8 Å². The Morgan fingerprint density at radius 1 is 1.22 bits per heavy atom. The van der Waals surface area contributed by atoms with Crippen molar-refractivity contribution in [1.29, 1.82) is 0 Å². The van der Waals surface area contributed by atoms with E-state index in [0.29, 0.717) is 10.1 Å². The van der Waals surface area contributed by atoms with Crippen LogP contribution in [0.4, 0.5) is 17.6 Å². The number of carbonyl (C=O) groups excluding carboxylic acids is 1. The number of ether oxygens (including phenoxy) is 1. The highest BCUT2D eigenvalue weighted by Gasteiger charge is 2.37. The van der Waals surface area contributed by atoms with Gasteiger partial charge in [-0.05, 0) is 24.6 Å². The van der Waals surface area contributed by atoms with Crippen LogP contribution in [0.15, 0.2) is 35.3 Å². The van der Waals surface area contributed by atoms with E-state index in [2.05, 4.69) is 10.1 Å². The van der Waals surface area contributed by atoms with Crippen LogP contribution in [0.3, 0.4) is 0 Å². The Labute approximate surface area is 148 Å². The summed E-state index contributed by atoms with van der Waals surface area (Å²) in [5.74, 6) is -3.42. The van der Waals surface area contributed by atoms with Crippen molar-refractivity contribution in [2.45, 2.75) is 19.6 Å². The first-order valence-electron chi connectivity index (χ1n) is 7.69. The number of rotatable bonds is 4. The molecule has 3 aromatic rings. The van der Waals surface area contributed by atoms with Crippen molar-refractivity contribution >= 4 is 11.7 Å². The van der Waals surface area contributed by atoms with Crippen LogP contribution in [0.1, 0.15) is 28.7 Å². The highest BCUT2D eigenvalue weighted by Crippen LogP contribution is 2.26. The molecular weight excluding hydrogens is 372 g/mol. The zero-order chi connectivity index (χ0) is 19.8. The molecule has 0 aliphatic carbocycles. The Kier molecular flexibility index (Phi) is 4.68. The Bertz CT molecular complexity index is 1050. The van der Waals surface area contributed by atoms with Crippen molar-refractivity contribution in [1.82, 2.24) is 19.2 Å². The first kappa shape index (κ1) is 18.5. The highest BCUT2D eigenvalue weighted by atomic mass is 19.4. The molecule has 0 saturated heterocycles. The first-order valence-corrected chi connectivity index (χ1v) is 7.69. The Hall–Kier alpha value is -3.24. The molecule has 0 unspecified atom stereocenters. The summed E-state index contributed by atoms with van der Waals surface area (Å²) in [6.07, 6.45) is -3.83. The number of hydrogen-bond acceptors (Lipinski definition) is 5. The van der Waals surface area contributed by atoms with Crippen LogP contribution in [-0.2, 0) is 17.5 Å². The fourth-order valence-electron chi connectivity index (χ4n) is 2.38. The lowest BCUT2D eigenvalue weighted by molar-refractivity contribution is -0.144. The van der Waals surface area contributed by atoms with Gasteiger partial charge in [-0.1, -0.05) is 12.1 Å². The maximum atomic E-state index is 13.1. The van der Waals surface area contributed by atoms with Gasteiger partial charge in [0.2, 0.25) is 5.78 Å². The third kappa shape index (κ3) is 3.66. The third-order valence-electron chi connectivity index (χ3n) is 3.57. The van der Waals surface area contributed by atoms with Crippen molar-refractivity contribution in [2.24, 2.45) is 0 Å². The lowest BCUT2D eigenvalue weighted by Gasteiger charge is -2.10. The van der Waals surface area contributed by atoms with Gasteiger partial charge in [-0.25, -0.2) is 9.18 Å². The molecule has 0 fully saturated rings. The van der Waals surface area contributed by atoms with Crippen LogP contribution in [0, 0.1) is 5.82 Å². The second kappa shape index (κ2) is 6.82. The Morgan fingerprint density at radius 3 is 2.48 bits per heavy atom. The smallest absolute Gasteiger partial charge is 0.453 e. The summed E-state index contributed by atoms with van der Waals surface area (Å²) in [6, 6.07) is 5.17. The van der Waals surface area contributed by atoms with Gasteiger partial charge in [-0.15, -0.1) is 5.10 Å². The van der Waals surface area contributed by atoms with E-state index in [1.807, 2.05) is 0 Å². The van der Waals surface area contributed by atoms with E-state index in [9.17, 15) is 27.2 Å². The monoisotopic (exact) mass is 384 g/mol. The van der Waals surface area contributed by atoms with Gasteiger partial charge in [0.05, 0.1) is 13.2 Å². The minimum Gasteiger partial charge on any atom is -0.462 e. The topological polar surface area (TPSA) is 78.5 Å². The second-order valence-electron chi connectivity index (χ2n) is 5.47. The van der Waals surface area contributed by atoms with Crippen molar-refractivity contribution < 1.29 is 27.1 Å². The standard InChI is InChI=1S/C16H12F4N4O3/c1-2-27-13(26)11-8-23(7-9-3-5-10(17)6-4-9)15-21-14(16(18,19)20)22-24(15)12(11)25/h3-6,8H,2,7H2,1H3. The van der Waals surface area contributed by atoms with E-state index >= 15 is 0 Å². The van der Waals surface area contributed by atoms with Gasteiger partial charge >= 0.3 is 12.1 Å². The van der Waals surface area contributed by atoms with Gasteiger partial charge in [0.25, 0.3) is 11.4 Å². The summed E-state index contributed by atoms with van der Waals surface area (Å²) in [6.45, 7) is 1.41. The van der Waals surface area contributed by atoms with Gasteiger partial charge in [0.1, 0.15) is 11.4 Å². The largest absolute Gasteiger partial charge is 0.462 e. The van der Waals surface area contributed by atoms with Crippen LogP contribution >= 0.6 is 0 Å². The number of nitrogens with zero attached hydrogens (tertiary/aromatic N) is 4. The summed E-state index contributed by atoms with van der Waals surface area (Å²) in [7, 11) is 0. The number of carbonyl (C=O) groups is 1. The number of halogens is 4. The molecule has 11 heteroatoms. The van der Waals surface area contributed by atoms with Crippen LogP contribution in [0.2, 0.25) is 0 Å². The lowest BCUT2D eigenvalue weighted by atomic mass is 10.2. The zero-order valence-electron chi connectivity index (χ0n) is 13.8. The Morgan fingerprint density at radius 2 is 1.89 bits per heavy atom. The maximum Gasteiger partial charge on any atom is 0.453 e. The predicted octanol–water partition coefficient (Wildman–Crippen LogP) is 2.27. The van der Waals surface area contributed by atoms with Crippen LogP contribution in [0.5, 0.6) is 0 Å². The van der Waals surface area contributed by atoms with Crippen LogP contribution in [0.25, 0.3) is 5.78 Å². The van der Waals surface area contributed by atoms with Gasteiger partial charge in [-0.3, -0.25) is 4.79 Å². The average molecular weight is 384 g/mol. The molecule has 7 nitrogen and oxygen atoms in total. The van der Waals surface area contributed by atoms with E-state index in [-0.39, 0.29) is 13.2 Å². The first-order chi connectivity index (χ1) is 12.7. The molecular formula is C16H12F4N4O3. The molecule has 0 bridgehead atoms. The number of fused-ring (bicyclic) bond motifs is 1. The summed E-state index contributed by atoms with van der Waals surface area (Å²) in [5.41, 5.74) is -1.07. The highest BCUT2D eigenvalue weighted by molar-refractivity contribution is 5.88. The molecule has 2 heterocycles. The lowest BCUT2D eigenvalue weighted by Crippen LogP contribution is -2.27. The SMILES string of the molecule is CCOC(=O)c1cn(Cc2ccc(F)cc2)c2nc(C(F)(F)F)nn2c1=O. The quantitative estimate of drug-likeness (QED) is 0.509. The van der Waals surface area contributed by atoms with Gasteiger partial charge in [0.15, 0.2) is 0 Å². The number of alkyl halides is 3. The number of esters is 1. The molecule has 0 radical (unpaired) electrons. The van der Waals surface area contributed by atoms with Crippen molar-refractivity contribution in [3.8, 4) is 0 Å². The van der Waals surface area contributed by atoms with E-state index in [4.69, 9.17) is 4.74 Å². The van der Waals surface area contributed by atoms with Gasteiger partial charge in [-0.2, -0.15) is 22.7 Å². The van der Waals surface area contributed by atoms with Gasteiger partial charge < -0.3 is 9.30 Å². The third-order valence-corrected chi connectivity index (χ3v) is 3.57. The molecule has 0 atom stereocenters. The zero-order valence-corrected chi connectivity index (χ0v) is 13.8. The minimum atomic E-state index is -4.88. The number of aromatic nitrogens is 4. The molecule has 2 aromatic heterocycles. The maximum absolute atomic E-state index is 13.1. The molecule has 0 spiro atoms. The van der Waals surface area contributed by atoms with Crippen molar-refractivity contribution in [2.75, 3.05) is 6.61 Å². The summed E-state index contributed by atoms with van der Waals surface area (Å²) >= 11 is 0. The predicted molar refractivity (Wildman–Crippen MR) is 83.7 cm³/mol. The van der Waals surface area contributed by atoms with Crippen LogP contribution in [-0.4, -0.2) is 31.7 Å². The molecule has 0 aliphatic heterocycles. The summed E-state index contributed by atoms with van der Waals surface area (Å²) < 4.78 is 58.2. The number of hydrogen-bond donors (Lipinski definition) is 0. The van der Waals surface area contributed by atoms with Gasteiger partial charge in [0, 0.05) is 6.20 Å². The molecule has 0 amide bonds. The fraction of sp³-hybridized carbons (Fsp3) is 0.250. The Balaban J connectivity index is 2.20. The van der Waals surface area contributed by atoms with E-state index in [1.54, 1.807) is 0 Å². The summed E-state index contributed by atoms with van der Waals surface area (Å²) in [4.78, 5) is 27.7.